The van der Waals surface area contributed by atoms with Gasteiger partial charge in [0.2, 0.25) is 0 Å². The minimum Gasteiger partial charge on any atom is -0.489 e. The maximum atomic E-state index is 13.5. The van der Waals surface area contributed by atoms with Crippen molar-refractivity contribution in [1.29, 1.82) is 5.26 Å². The third-order valence-electron chi connectivity index (χ3n) is 4.81. The van der Waals surface area contributed by atoms with Gasteiger partial charge in [0.25, 0.3) is 0 Å². The summed E-state index contributed by atoms with van der Waals surface area (Å²) >= 11 is 0. The summed E-state index contributed by atoms with van der Waals surface area (Å²) in [6, 6.07) is 22.1. The van der Waals surface area contributed by atoms with E-state index in [-0.39, 0.29) is 12.2 Å². The third kappa shape index (κ3) is 7.08. The van der Waals surface area contributed by atoms with Crippen LogP contribution in [-0.4, -0.2) is 18.2 Å². The molecule has 1 atom stereocenters. The number of rotatable bonds is 11. The lowest BCUT2D eigenvalue weighted by Crippen LogP contribution is -2.11. The fourth-order valence-electron chi connectivity index (χ4n) is 3.08. The van der Waals surface area contributed by atoms with Crippen molar-refractivity contribution in [2.24, 2.45) is 0 Å². The zero-order valence-corrected chi connectivity index (χ0v) is 18.4. The molecule has 0 heterocycles. The molecule has 0 aliphatic heterocycles. The predicted molar refractivity (Wildman–Crippen MR) is 123 cm³/mol. The van der Waals surface area contributed by atoms with Gasteiger partial charge in [-0.3, -0.25) is 15.1 Å². The Morgan fingerprint density at radius 3 is 2.44 bits per heavy atom. The lowest BCUT2D eigenvalue weighted by Gasteiger charge is -2.11. The van der Waals surface area contributed by atoms with Gasteiger partial charge in [-0.05, 0) is 47.5 Å². The zero-order chi connectivity index (χ0) is 24.3. The molecule has 0 amide bonds. The third-order valence-corrected chi connectivity index (χ3v) is 4.81. The van der Waals surface area contributed by atoms with E-state index in [1.165, 1.54) is 25.5 Å². The fourth-order valence-corrected chi connectivity index (χ4v) is 3.08. The number of hydrogen-bond acceptors (Lipinski definition) is 6. The quantitative estimate of drug-likeness (QED) is 0.305. The van der Waals surface area contributed by atoms with E-state index in [9.17, 15) is 9.18 Å². The average molecular weight is 462 g/mol. The lowest BCUT2D eigenvalue weighted by molar-refractivity contribution is -0.137. The summed E-state index contributed by atoms with van der Waals surface area (Å²) in [6.45, 7) is 0.312. The van der Waals surface area contributed by atoms with E-state index < -0.39 is 11.9 Å². The number of hydroxylamine groups is 1. The van der Waals surface area contributed by atoms with Crippen LogP contribution in [0.4, 0.5) is 4.39 Å². The molecule has 0 aliphatic rings. The van der Waals surface area contributed by atoms with Gasteiger partial charge in [-0.25, -0.2) is 4.39 Å². The number of nitrogens with one attached hydrogen (secondary N) is 1. The van der Waals surface area contributed by atoms with E-state index in [1.54, 1.807) is 48.5 Å². The standard InChI is InChI=1S/C26H23FN2O5/c1-32-29-25(20-3-2-4-22(27)13-20)17-34-23-9-5-18(6-10-23)16-33-24-11-7-19(8-12-24)21(15-28)14-26(30)31/h2-13,17,21,29H,14,16H2,1H3,(H,30,31). The topological polar surface area (TPSA) is 101 Å². The average Bonchev–Trinajstić information content (AvgIpc) is 2.84. The van der Waals surface area contributed by atoms with Crippen molar-refractivity contribution in [2.45, 2.75) is 18.9 Å². The number of aliphatic carboxylic acids is 1. The maximum Gasteiger partial charge on any atom is 0.305 e. The first kappa shape index (κ1) is 24.3. The normalized spacial score (nSPS) is 11.9. The summed E-state index contributed by atoms with van der Waals surface area (Å²) < 4.78 is 24.9. The van der Waals surface area contributed by atoms with Crippen molar-refractivity contribution in [1.82, 2.24) is 5.48 Å². The molecule has 0 saturated carbocycles. The van der Waals surface area contributed by atoms with Crippen LogP contribution in [0, 0.1) is 17.1 Å². The summed E-state index contributed by atoms with van der Waals surface area (Å²) in [7, 11) is 1.45. The van der Waals surface area contributed by atoms with Crippen LogP contribution in [0.3, 0.4) is 0 Å². The van der Waals surface area contributed by atoms with Crippen LogP contribution in [0.25, 0.3) is 5.70 Å². The number of hydrogen-bond donors (Lipinski definition) is 2. The molecule has 0 bridgehead atoms. The van der Waals surface area contributed by atoms with Gasteiger partial charge in [0, 0.05) is 5.56 Å². The van der Waals surface area contributed by atoms with E-state index in [1.807, 2.05) is 18.2 Å². The van der Waals surface area contributed by atoms with Crippen molar-refractivity contribution in [3.63, 3.8) is 0 Å². The first-order chi connectivity index (χ1) is 16.5. The van der Waals surface area contributed by atoms with Crippen LogP contribution in [0.1, 0.15) is 29.0 Å². The second-order valence-corrected chi connectivity index (χ2v) is 7.25. The highest BCUT2D eigenvalue weighted by atomic mass is 19.1. The second-order valence-electron chi connectivity index (χ2n) is 7.25. The highest BCUT2D eigenvalue weighted by Gasteiger charge is 2.14. The Bertz CT molecular complexity index is 1170. The van der Waals surface area contributed by atoms with Gasteiger partial charge >= 0.3 is 5.97 Å². The van der Waals surface area contributed by atoms with E-state index in [2.05, 4.69) is 5.48 Å². The van der Waals surface area contributed by atoms with Crippen LogP contribution in [0.5, 0.6) is 11.5 Å². The van der Waals surface area contributed by atoms with Crippen molar-refractivity contribution in [3.8, 4) is 17.6 Å². The molecule has 0 aromatic heterocycles. The Balaban J connectivity index is 1.58. The number of halogens is 1. The molecule has 34 heavy (non-hydrogen) atoms. The van der Waals surface area contributed by atoms with Crippen LogP contribution in [0.2, 0.25) is 0 Å². The van der Waals surface area contributed by atoms with Gasteiger partial charge in [-0.2, -0.15) is 5.26 Å². The van der Waals surface area contributed by atoms with Crippen molar-refractivity contribution in [2.75, 3.05) is 7.11 Å². The van der Waals surface area contributed by atoms with Crippen LogP contribution < -0.4 is 15.0 Å². The molecular weight excluding hydrogens is 439 g/mol. The Labute approximate surface area is 196 Å². The number of ether oxygens (including phenoxy) is 2. The predicted octanol–water partition coefficient (Wildman–Crippen LogP) is 5.01. The van der Waals surface area contributed by atoms with Crippen LogP contribution in [-0.2, 0) is 16.2 Å². The molecule has 0 fully saturated rings. The fraction of sp³-hybridized carbons (Fsp3) is 0.154. The van der Waals surface area contributed by atoms with Gasteiger partial charge < -0.3 is 14.6 Å². The molecule has 0 radical (unpaired) electrons. The first-order valence-corrected chi connectivity index (χ1v) is 10.3. The number of carboxylic acid groups (broad SMARTS) is 1. The van der Waals surface area contributed by atoms with E-state index >= 15 is 0 Å². The Hall–Kier alpha value is -4.35. The molecule has 0 aliphatic carbocycles. The molecule has 174 valence electrons. The zero-order valence-electron chi connectivity index (χ0n) is 18.4. The minimum atomic E-state index is -1.02. The van der Waals surface area contributed by atoms with Gasteiger partial charge in [-0.15, -0.1) is 0 Å². The highest BCUT2D eigenvalue weighted by Crippen LogP contribution is 2.23. The molecule has 2 N–H and O–H groups in total. The molecule has 8 heteroatoms. The van der Waals surface area contributed by atoms with Gasteiger partial charge in [0.05, 0.1) is 25.5 Å². The number of benzene rings is 3. The summed E-state index contributed by atoms with van der Waals surface area (Å²) in [4.78, 5) is 15.8. The molecule has 0 saturated heterocycles. The minimum absolute atomic E-state index is 0.244. The SMILES string of the molecule is CONC(=COc1ccc(COc2ccc(C(C#N)CC(=O)O)cc2)cc1)c1cccc(F)c1. The molecule has 1 unspecified atom stereocenters. The van der Waals surface area contributed by atoms with Crippen LogP contribution >= 0.6 is 0 Å². The lowest BCUT2D eigenvalue weighted by atomic mass is 9.97. The van der Waals surface area contributed by atoms with Gasteiger partial charge in [-0.1, -0.05) is 36.4 Å². The maximum absolute atomic E-state index is 13.5. The smallest absolute Gasteiger partial charge is 0.305 e. The molecule has 0 spiro atoms. The second kappa shape index (κ2) is 12.0. The first-order valence-electron chi connectivity index (χ1n) is 10.3. The Morgan fingerprint density at radius 1 is 1.12 bits per heavy atom. The van der Waals surface area contributed by atoms with Crippen molar-refractivity contribution in [3.05, 3.63) is 102 Å². The number of carboxylic acids is 1. The summed E-state index contributed by atoms with van der Waals surface area (Å²) in [6.07, 6.45) is 1.19. The summed E-state index contributed by atoms with van der Waals surface area (Å²) in [5.74, 6) is -0.917. The summed E-state index contributed by atoms with van der Waals surface area (Å²) in [5.41, 5.74) is 5.24. The Kier molecular flexibility index (Phi) is 8.60. The van der Waals surface area contributed by atoms with Gasteiger partial charge in [0.15, 0.2) is 0 Å². The largest absolute Gasteiger partial charge is 0.489 e. The van der Waals surface area contributed by atoms with Crippen molar-refractivity contribution >= 4 is 11.7 Å². The number of nitriles is 1. The molecule has 3 aromatic carbocycles. The molecular formula is C26H23FN2O5. The highest BCUT2D eigenvalue weighted by molar-refractivity contribution is 5.68. The number of nitrogens with zero attached hydrogens (tertiary/aromatic N) is 1. The molecule has 3 aromatic rings. The monoisotopic (exact) mass is 462 g/mol. The number of carbonyl (C=O) groups is 1. The van der Waals surface area contributed by atoms with Gasteiger partial charge in [0.1, 0.15) is 35.9 Å². The molecule has 7 nitrogen and oxygen atoms in total. The van der Waals surface area contributed by atoms with Crippen molar-refractivity contribution < 1.29 is 28.6 Å². The summed E-state index contributed by atoms with van der Waals surface area (Å²) in [5, 5.41) is 18.1. The van der Waals surface area contributed by atoms with Crippen LogP contribution in [0.15, 0.2) is 79.1 Å². The van der Waals surface area contributed by atoms with E-state index in [0.717, 1.165) is 5.56 Å². The Morgan fingerprint density at radius 2 is 1.82 bits per heavy atom. The van der Waals surface area contributed by atoms with E-state index in [4.69, 9.17) is 24.7 Å². The van der Waals surface area contributed by atoms with E-state index in [0.29, 0.717) is 34.9 Å². The molecule has 3 rings (SSSR count).